The number of hydrogen-bond donors (Lipinski definition) is 0. The maximum absolute atomic E-state index is 13.8. The van der Waals surface area contributed by atoms with Crippen LogP contribution in [0.5, 0.6) is 11.5 Å². The molecule has 0 radical (unpaired) electrons. The van der Waals surface area contributed by atoms with E-state index in [2.05, 4.69) is 15.6 Å². The van der Waals surface area contributed by atoms with Crippen molar-refractivity contribution >= 4 is 23.4 Å². The monoisotopic (exact) mass is 509 g/mol. The molecule has 3 heterocycles. The van der Waals surface area contributed by atoms with Gasteiger partial charge in [-0.2, -0.15) is 0 Å². The lowest BCUT2D eigenvalue weighted by molar-refractivity contribution is -0.139. The highest BCUT2D eigenvalue weighted by molar-refractivity contribution is 7.07. The summed E-state index contributed by atoms with van der Waals surface area (Å²) in [4.78, 5) is 32.1. The van der Waals surface area contributed by atoms with Crippen molar-refractivity contribution in [2.45, 2.75) is 40.7 Å². The molecule has 4 rings (SSSR count). The Hall–Kier alpha value is -3.59. The second-order valence-corrected chi connectivity index (χ2v) is 9.54. The summed E-state index contributed by atoms with van der Waals surface area (Å²) in [6.45, 7) is 10.1. The second-order valence-electron chi connectivity index (χ2n) is 8.53. The molecular formula is C27H31N3O5S. The molecule has 1 aliphatic heterocycles. The highest BCUT2D eigenvalue weighted by Gasteiger charge is 2.34. The van der Waals surface area contributed by atoms with Crippen molar-refractivity contribution in [3.63, 3.8) is 0 Å². The van der Waals surface area contributed by atoms with Crippen molar-refractivity contribution in [1.29, 1.82) is 0 Å². The topological polar surface area (TPSA) is 84.1 Å². The Bertz CT molecular complexity index is 1540. The van der Waals surface area contributed by atoms with Crippen LogP contribution in [0.4, 0.5) is 0 Å². The number of benzene rings is 1. The number of carbonyl (C=O) groups is 1. The average molecular weight is 510 g/mol. The Morgan fingerprint density at radius 2 is 1.89 bits per heavy atom. The molecule has 9 heteroatoms. The molecule has 1 atom stereocenters. The van der Waals surface area contributed by atoms with E-state index in [1.54, 1.807) is 31.6 Å². The molecule has 0 amide bonds. The van der Waals surface area contributed by atoms with Gasteiger partial charge in [0.25, 0.3) is 5.56 Å². The molecular weight excluding hydrogens is 478 g/mol. The Balaban J connectivity index is 1.98. The van der Waals surface area contributed by atoms with E-state index in [1.165, 1.54) is 11.3 Å². The second kappa shape index (κ2) is 10.2. The lowest BCUT2D eigenvalue weighted by atomic mass is 9.95. The zero-order valence-electron chi connectivity index (χ0n) is 21.7. The van der Waals surface area contributed by atoms with Gasteiger partial charge in [0.15, 0.2) is 16.3 Å². The molecule has 0 spiro atoms. The van der Waals surface area contributed by atoms with Gasteiger partial charge in [-0.1, -0.05) is 17.4 Å². The number of aryl methyl sites for hydroxylation is 1. The Morgan fingerprint density at radius 1 is 1.14 bits per heavy atom. The normalized spacial score (nSPS) is 15.5. The van der Waals surface area contributed by atoms with Crippen LogP contribution in [0.1, 0.15) is 49.3 Å². The fourth-order valence-electron chi connectivity index (χ4n) is 4.41. The van der Waals surface area contributed by atoms with Gasteiger partial charge in [0, 0.05) is 18.4 Å². The molecule has 0 saturated carbocycles. The number of methoxy groups -OCH3 is 1. The van der Waals surface area contributed by atoms with E-state index in [0.29, 0.717) is 44.3 Å². The summed E-state index contributed by atoms with van der Waals surface area (Å²) in [5.74, 6) is 0.607. The summed E-state index contributed by atoms with van der Waals surface area (Å²) in [7, 11) is 3.57. The summed E-state index contributed by atoms with van der Waals surface area (Å²) >= 11 is 1.31. The van der Waals surface area contributed by atoms with Crippen molar-refractivity contribution in [3.8, 4) is 11.5 Å². The van der Waals surface area contributed by atoms with Crippen molar-refractivity contribution in [2.24, 2.45) is 12.0 Å². The number of allylic oxidation sites excluding steroid dienone is 1. The lowest BCUT2D eigenvalue weighted by Crippen LogP contribution is -2.40. The first-order chi connectivity index (χ1) is 17.2. The van der Waals surface area contributed by atoms with Gasteiger partial charge in [-0.15, -0.1) is 0 Å². The summed E-state index contributed by atoms with van der Waals surface area (Å²) in [6, 6.07) is 6.77. The molecule has 8 nitrogen and oxygen atoms in total. The molecule has 1 aromatic carbocycles. The van der Waals surface area contributed by atoms with E-state index in [4.69, 9.17) is 14.2 Å². The van der Waals surface area contributed by atoms with Gasteiger partial charge in [-0.25, -0.2) is 9.79 Å². The summed E-state index contributed by atoms with van der Waals surface area (Å²) in [5, 5.41) is 0. The number of fused-ring (bicyclic) bond motifs is 1. The van der Waals surface area contributed by atoms with Crippen LogP contribution in [0.2, 0.25) is 0 Å². The number of ether oxygens (including phenoxy) is 3. The van der Waals surface area contributed by atoms with Gasteiger partial charge in [0.2, 0.25) is 0 Å². The molecule has 1 aliphatic rings. The van der Waals surface area contributed by atoms with Gasteiger partial charge in [0.1, 0.15) is 0 Å². The molecule has 0 N–H and O–H groups in total. The van der Waals surface area contributed by atoms with Gasteiger partial charge in [-0.05, 0) is 70.0 Å². The van der Waals surface area contributed by atoms with E-state index in [0.717, 1.165) is 17.0 Å². The first-order valence-corrected chi connectivity index (χ1v) is 12.7. The predicted molar refractivity (Wildman–Crippen MR) is 139 cm³/mol. The maximum atomic E-state index is 13.8. The van der Waals surface area contributed by atoms with Gasteiger partial charge in [0.05, 0.1) is 42.2 Å². The summed E-state index contributed by atoms with van der Waals surface area (Å²) < 4.78 is 20.8. The van der Waals surface area contributed by atoms with Gasteiger partial charge >= 0.3 is 5.97 Å². The third-order valence-corrected chi connectivity index (χ3v) is 7.40. The van der Waals surface area contributed by atoms with Gasteiger partial charge < -0.3 is 18.8 Å². The SMILES string of the molecule is CCOC(=O)C1=C(C)N=c2s/c(=C/c3cc(C)n(C)c3C)c(=O)n2[C@@H]1c1ccc(OC)c(OCC)c1. The van der Waals surface area contributed by atoms with Crippen LogP contribution >= 0.6 is 11.3 Å². The minimum atomic E-state index is -0.717. The lowest BCUT2D eigenvalue weighted by Gasteiger charge is -2.25. The van der Waals surface area contributed by atoms with Crippen LogP contribution in [0.15, 0.2) is 45.3 Å². The molecule has 3 aromatic rings. The van der Waals surface area contributed by atoms with E-state index in [1.807, 2.05) is 46.0 Å². The van der Waals surface area contributed by atoms with Crippen LogP contribution in [-0.4, -0.2) is 35.4 Å². The Morgan fingerprint density at radius 3 is 2.50 bits per heavy atom. The number of hydrogen-bond acceptors (Lipinski definition) is 7. The maximum Gasteiger partial charge on any atom is 0.338 e. The quantitative estimate of drug-likeness (QED) is 0.457. The third-order valence-electron chi connectivity index (χ3n) is 6.42. The summed E-state index contributed by atoms with van der Waals surface area (Å²) in [5.41, 5.74) is 4.48. The van der Waals surface area contributed by atoms with Crippen molar-refractivity contribution in [1.82, 2.24) is 9.13 Å². The smallest absolute Gasteiger partial charge is 0.338 e. The van der Waals surface area contributed by atoms with E-state index < -0.39 is 12.0 Å². The van der Waals surface area contributed by atoms with E-state index in [9.17, 15) is 9.59 Å². The number of esters is 1. The highest BCUT2D eigenvalue weighted by Crippen LogP contribution is 2.36. The van der Waals surface area contributed by atoms with Crippen molar-refractivity contribution < 1.29 is 19.0 Å². The van der Waals surface area contributed by atoms with Crippen LogP contribution in [0.3, 0.4) is 0 Å². The zero-order chi connectivity index (χ0) is 26.1. The molecule has 0 saturated heterocycles. The number of carbonyl (C=O) groups excluding carboxylic acids is 1. The van der Waals surface area contributed by atoms with E-state index >= 15 is 0 Å². The number of nitrogens with zero attached hydrogens (tertiary/aromatic N) is 3. The molecule has 0 bridgehead atoms. The fourth-order valence-corrected chi connectivity index (χ4v) is 5.45. The third kappa shape index (κ3) is 4.39. The average Bonchev–Trinajstić information content (AvgIpc) is 3.28. The van der Waals surface area contributed by atoms with Crippen LogP contribution in [0, 0.1) is 13.8 Å². The van der Waals surface area contributed by atoms with Crippen LogP contribution in [0.25, 0.3) is 6.08 Å². The number of aromatic nitrogens is 2. The Labute approximate surface area is 213 Å². The highest BCUT2D eigenvalue weighted by atomic mass is 32.1. The van der Waals surface area contributed by atoms with Crippen molar-refractivity contribution in [3.05, 3.63) is 77.7 Å². The molecule has 0 aliphatic carbocycles. The largest absolute Gasteiger partial charge is 0.493 e. The standard InChI is InChI=1S/C27H31N3O5S/c1-8-34-21-13-18(10-11-20(21)33-7)24-23(26(32)35-9-2)16(4)28-27-30(24)25(31)22(36-27)14-19-12-15(3)29(6)17(19)5/h10-14,24H,8-9H2,1-7H3/b22-14+/t24-/m1/s1. The molecule has 190 valence electrons. The summed E-state index contributed by atoms with van der Waals surface area (Å²) in [6.07, 6.45) is 1.90. The van der Waals surface area contributed by atoms with Crippen LogP contribution < -0.4 is 24.4 Å². The molecule has 2 aromatic heterocycles. The van der Waals surface area contributed by atoms with Gasteiger partial charge in [-0.3, -0.25) is 9.36 Å². The van der Waals surface area contributed by atoms with E-state index in [-0.39, 0.29) is 12.2 Å². The Kier molecular flexibility index (Phi) is 7.21. The minimum absolute atomic E-state index is 0.214. The van der Waals surface area contributed by atoms with Crippen molar-refractivity contribution in [2.75, 3.05) is 20.3 Å². The minimum Gasteiger partial charge on any atom is -0.493 e. The first kappa shape index (κ1) is 25.5. The fraction of sp³-hybridized carbons (Fsp3) is 0.370. The number of rotatable bonds is 7. The first-order valence-electron chi connectivity index (χ1n) is 11.8. The molecule has 0 unspecified atom stereocenters. The number of thiazole rings is 1. The predicted octanol–water partition coefficient (Wildman–Crippen LogP) is 3.16. The van der Waals surface area contributed by atoms with Crippen LogP contribution in [-0.2, 0) is 16.6 Å². The zero-order valence-corrected chi connectivity index (χ0v) is 22.5. The molecule has 0 fully saturated rings. The molecule has 36 heavy (non-hydrogen) atoms.